The van der Waals surface area contributed by atoms with Gasteiger partial charge in [-0.25, -0.2) is 4.90 Å². The maximum Gasteiger partial charge on any atom is 0.257 e. The van der Waals surface area contributed by atoms with Crippen LogP contribution in [0, 0.1) is 0 Å². The van der Waals surface area contributed by atoms with Crippen LogP contribution < -0.4 is 4.90 Å². The molecule has 6 nitrogen and oxygen atoms in total. The third kappa shape index (κ3) is 3.52. The van der Waals surface area contributed by atoms with Crippen molar-refractivity contribution in [1.82, 2.24) is 4.90 Å². The molecule has 134 valence electrons. The van der Waals surface area contributed by atoms with E-state index in [1.165, 1.54) is 11.8 Å². The first-order chi connectivity index (χ1) is 11.9. The number of hydrogen-bond acceptors (Lipinski definition) is 4. The van der Waals surface area contributed by atoms with E-state index < -0.39 is 17.9 Å². The molecular weight excluding hydrogens is 367 g/mol. The predicted octanol–water partition coefficient (Wildman–Crippen LogP) is 2.65. The fraction of sp³-hybridized carbons (Fsp3) is 0.471. The molecule has 25 heavy (non-hydrogen) atoms. The molecule has 3 amide bonds. The molecule has 2 atom stereocenters. The van der Waals surface area contributed by atoms with Gasteiger partial charge in [-0.2, -0.15) is 0 Å². The Hall–Kier alpha value is -1.63. The molecule has 0 radical (unpaired) electrons. The lowest BCUT2D eigenvalue weighted by Crippen LogP contribution is -2.47. The van der Waals surface area contributed by atoms with E-state index in [4.69, 9.17) is 27.9 Å². The summed E-state index contributed by atoms with van der Waals surface area (Å²) < 4.78 is 5.56. The zero-order valence-corrected chi connectivity index (χ0v) is 15.2. The molecule has 1 aromatic rings. The molecule has 2 aliphatic heterocycles. The van der Waals surface area contributed by atoms with Crippen molar-refractivity contribution >= 4 is 46.6 Å². The summed E-state index contributed by atoms with van der Waals surface area (Å²) in [6, 6.07) is 3.90. The third-order valence-corrected chi connectivity index (χ3v) is 5.10. The number of imide groups is 1. The summed E-state index contributed by atoms with van der Waals surface area (Å²) in [6.07, 6.45) is 1.56. The smallest absolute Gasteiger partial charge is 0.257 e. The fourth-order valence-corrected chi connectivity index (χ4v) is 3.85. The number of ether oxygens (including phenoxy) is 1. The monoisotopic (exact) mass is 384 g/mol. The van der Waals surface area contributed by atoms with Crippen LogP contribution in [0.2, 0.25) is 10.0 Å². The zero-order chi connectivity index (χ0) is 18.1. The summed E-state index contributed by atoms with van der Waals surface area (Å²) in [4.78, 5) is 39.9. The van der Waals surface area contributed by atoms with Crippen molar-refractivity contribution in [2.45, 2.75) is 38.3 Å². The molecule has 2 heterocycles. The summed E-state index contributed by atoms with van der Waals surface area (Å²) in [7, 11) is 0. The minimum absolute atomic E-state index is 0.0906. The SMILES string of the molecule is CC(=O)N(C[C@@H]1CCCO1)[C@@H]1CC(=O)N(c2c(Cl)cccc2Cl)C1=O. The first-order valence-corrected chi connectivity index (χ1v) is 8.85. The van der Waals surface area contributed by atoms with Crippen LogP contribution in [-0.4, -0.2) is 47.9 Å². The van der Waals surface area contributed by atoms with Gasteiger partial charge in [0, 0.05) is 20.1 Å². The molecule has 2 saturated heterocycles. The predicted molar refractivity (Wildman–Crippen MR) is 93.7 cm³/mol. The van der Waals surface area contributed by atoms with Crippen molar-refractivity contribution in [3.05, 3.63) is 28.2 Å². The molecule has 8 heteroatoms. The second-order valence-corrected chi connectivity index (χ2v) is 6.98. The second-order valence-electron chi connectivity index (χ2n) is 6.16. The molecule has 0 saturated carbocycles. The second kappa shape index (κ2) is 7.32. The van der Waals surface area contributed by atoms with Crippen LogP contribution >= 0.6 is 23.2 Å². The Bertz CT molecular complexity index is 698. The summed E-state index contributed by atoms with van der Waals surface area (Å²) >= 11 is 12.3. The van der Waals surface area contributed by atoms with Gasteiger partial charge in [-0.05, 0) is 25.0 Å². The number of nitrogens with zero attached hydrogens (tertiary/aromatic N) is 2. The average molecular weight is 385 g/mol. The van der Waals surface area contributed by atoms with Gasteiger partial charge in [-0.15, -0.1) is 0 Å². The number of carbonyl (C=O) groups is 3. The van der Waals surface area contributed by atoms with Crippen molar-refractivity contribution < 1.29 is 19.1 Å². The van der Waals surface area contributed by atoms with Gasteiger partial charge in [0.15, 0.2) is 0 Å². The van der Waals surface area contributed by atoms with Crippen LogP contribution in [0.4, 0.5) is 5.69 Å². The molecule has 3 rings (SSSR count). The minimum atomic E-state index is -0.860. The van der Waals surface area contributed by atoms with Crippen molar-refractivity contribution in [2.24, 2.45) is 0 Å². The lowest BCUT2D eigenvalue weighted by Gasteiger charge is -2.28. The van der Waals surface area contributed by atoms with Crippen molar-refractivity contribution in [1.29, 1.82) is 0 Å². The molecule has 0 aliphatic carbocycles. The Balaban J connectivity index is 1.87. The summed E-state index contributed by atoms with van der Waals surface area (Å²) in [5.41, 5.74) is 0.170. The molecule has 0 spiro atoms. The van der Waals surface area contributed by atoms with Crippen LogP contribution in [0.25, 0.3) is 0 Å². The molecule has 2 fully saturated rings. The van der Waals surface area contributed by atoms with E-state index in [2.05, 4.69) is 0 Å². The number of anilines is 1. The molecule has 2 aliphatic rings. The van der Waals surface area contributed by atoms with Crippen LogP contribution in [0.3, 0.4) is 0 Å². The Morgan fingerprint density at radius 1 is 1.32 bits per heavy atom. The highest BCUT2D eigenvalue weighted by atomic mass is 35.5. The van der Waals surface area contributed by atoms with Gasteiger partial charge in [0.05, 0.1) is 28.3 Å². The Morgan fingerprint density at radius 2 is 2.00 bits per heavy atom. The van der Waals surface area contributed by atoms with Gasteiger partial charge in [-0.3, -0.25) is 14.4 Å². The zero-order valence-electron chi connectivity index (χ0n) is 13.7. The first-order valence-electron chi connectivity index (χ1n) is 8.09. The molecular formula is C17H18Cl2N2O4. The number of carbonyl (C=O) groups excluding carboxylic acids is 3. The molecule has 0 unspecified atom stereocenters. The van der Waals surface area contributed by atoms with Crippen LogP contribution in [0.5, 0.6) is 0 Å². The topological polar surface area (TPSA) is 66.9 Å². The highest BCUT2D eigenvalue weighted by Gasteiger charge is 2.45. The van der Waals surface area contributed by atoms with Gasteiger partial charge < -0.3 is 9.64 Å². The lowest BCUT2D eigenvalue weighted by molar-refractivity contribution is -0.138. The van der Waals surface area contributed by atoms with E-state index in [1.807, 2.05) is 0 Å². The van der Waals surface area contributed by atoms with Crippen LogP contribution in [0.15, 0.2) is 18.2 Å². The molecule has 0 aromatic heterocycles. The minimum Gasteiger partial charge on any atom is -0.376 e. The van der Waals surface area contributed by atoms with Gasteiger partial charge in [0.25, 0.3) is 5.91 Å². The highest BCUT2D eigenvalue weighted by Crippen LogP contribution is 2.37. The average Bonchev–Trinajstić information content (AvgIpc) is 3.15. The van der Waals surface area contributed by atoms with Crippen LogP contribution in [0.1, 0.15) is 26.2 Å². The number of rotatable bonds is 4. The van der Waals surface area contributed by atoms with E-state index in [-0.39, 0.29) is 34.2 Å². The Kier molecular flexibility index (Phi) is 5.32. The molecule has 1 aromatic carbocycles. The van der Waals surface area contributed by atoms with Gasteiger partial charge in [-0.1, -0.05) is 29.3 Å². The van der Waals surface area contributed by atoms with Crippen molar-refractivity contribution in [2.75, 3.05) is 18.1 Å². The number of para-hydroxylation sites is 1. The molecule has 0 N–H and O–H groups in total. The number of amides is 3. The van der Waals surface area contributed by atoms with Crippen molar-refractivity contribution in [3.63, 3.8) is 0 Å². The standard InChI is InChI=1S/C17H18Cl2N2O4/c1-10(22)20(9-11-4-3-7-25-11)14-8-15(23)21(17(14)24)16-12(18)5-2-6-13(16)19/h2,5-6,11,14H,3-4,7-9H2,1H3/t11-,14+/m0/s1. The Labute approximate surface area is 155 Å². The van der Waals surface area contributed by atoms with E-state index in [9.17, 15) is 14.4 Å². The van der Waals surface area contributed by atoms with Gasteiger partial charge in [0.2, 0.25) is 11.8 Å². The maximum atomic E-state index is 12.9. The van der Waals surface area contributed by atoms with Gasteiger partial charge >= 0.3 is 0 Å². The maximum absolute atomic E-state index is 12.9. The third-order valence-electron chi connectivity index (χ3n) is 4.49. The lowest BCUT2D eigenvalue weighted by atomic mass is 10.1. The normalized spacial score (nSPS) is 23.4. The van der Waals surface area contributed by atoms with E-state index in [1.54, 1.807) is 18.2 Å². The van der Waals surface area contributed by atoms with Crippen LogP contribution in [-0.2, 0) is 19.1 Å². The largest absolute Gasteiger partial charge is 0.376 e. The van der Waals surface area contributed by atoms with E-state index >= 15 is 0 Å². The number of benzene rings is 1. The fourth-order valence-electron chi connectivity index (χ4n) is 3.28. The van der Waals surface area contributed by atoms with E-state index in [0.29, 0.717) is 13.2 Å². The molecule has 0 bridgehead atoms. The number of halogens is 2. The summed E-state index contributed by atoms with van der Waals surface area (Å²) in [5, 5.41) is 0.423. The first kappa shape index (κ1) is 18.2. The quantitative estimate of drug-likeness (QED) is 0.748. The van der Waals surface area contributed by atoms with Crippen molar-refractivity contribution in [3.8, 4) is 0 Å². The van der Waals surface area contributed by atoms with Gasteiger partial charge in [0.1, 0.15) is 6.04 Å². The summed E-state index contributed by atoms with van der Waals surface area (Å²) in [5.74, 6) is -1.19. The highest BCUT2D eigenvalue weighted by molar-refractivity contribution is 6.42. The summed E-state index contributed by atoms with van der Waals surface area (Å²) in [6.45, 7) is 2.33. The number of hydrogen-bond donors (Lipinski definition) is 0. The Morgan fingerprint density at radius 3 is 2.56 bits per heavy atom. The van der Waals surface area contributed by atoms with E-state index in [0.717, 1.165) is 17.7 Å².